The molecule has 0 bridgehead atoms. The number of amides is 1. The lowest BCUT2D eigenvalue weighted by Crippen LogP contribution is -2.21. The van der Waals surface area contributed by atoms with Gasteiger partial charge in [-0.25, -0.2) is 9.59 Å². The number of nitrogens with two attached hydrogens (primary N) is 1. The number of alkyl halides is 6. The van der Waals surface area contributed by atoms with Crippen molar-refractivity contribution in [2.75, 3.05) is 5.32 Å². The van der Waals surface area contributed by atoms with Crippen LogP contribution in [0.5, 0.6) is 5.75 Å². The molecule has 38 heavy (non-hydrogen) atoms. The number of hydrogen-bond donors (Lipinski definition) is 4. The van der Waals surface area contributed by atoms with Crippen molar-refractivity contribution >= 4 is 34.9 Å². The summed E-state index contributed by atoms with van der Waals surface area (Å²) in [5.74, 6) is -5.39. The molecule has 1 amide bonds. The fraction of sp³-hybridized carbons (Fsp3) is 0.182. The van der Waals surface area contributed by atoms with Crippen LogP contribution in [0.15, 0.2) is 48.8 Å². The number of pyridine rings is 1. The largest absolute Gasteiger partial charge is 0.490 e. The van der Waals surface area contributed by atoms with Gasteiger partial charge in [0.1, 0.15) is 17.2 Å². The van der Waals surface area contributed by atoms with Gasteiger partial charge < -0.3 is 26.0 Å². The van der Waals surface area contributed by atoms with Crippen molar-refractivity contribution in [3.05, 3.63) is 64.8 Å². The molecule has 204 valence electrons. The first kappa shape index (κ1) is 29.9. The molecule has 2 aromatic heterocycles. The zero-order valence-electron chi connectivity index (χ0n) is 18.8. The van der Waals surface area contributed by atoms with Gasteiger partial charge >= 0.3 is 24.3 Å². The van der Waals surface area contributed by atoms with E-state index in [2.05, 4.69) is 10.3 Å². The van der Waals surface area contributed by atoms with Crippen molar-refractivity contribution in [3.8, 4) is 16.2 Å². The molecular formula is C22H17F6N3O6S. The Morgan fingerprint density at radius 1 is 0.974 bits per heavy atom. The summed E-state index contributed by atoms with van der Waals surface area (Å²) in [6.45, 7) is 0.982. The molecule has 0 fully saturated rings. The van der Waals surface area contributed by atoms with Gasteiger partial charge in [-0.3, -0.25) is 9.78 Å². The Morgan fingerprint density at radius 3 is 2.00 bits per heavy atom. The first-order chi connectivity index (χ1) is 17.6. The molecule has 16 heteroatoms. The van der Waals surface area contributed by atoms with E-state index in [0.717, 1.165) is 27.3 Å². The maximum atomic E-state index is 11.9. The second-order valence-electron chi connectivity index (χ2n) is 7.08. The van der Waals surface area contributed by atoms with Crippen LogP contribution in [0.1, 0.15) is 20.8 Å². The number of benzene rings is 1. The molecule has 0 radical (unpaired) electrons. The standard InChI is InChI=1S/C18H15N3O2S.2C2HF3O2/c19-18(22)17-15(23-10-11-5-7-20-8-6-11)13-9-21-14-4-2-1-3-12(14)16(13)24-17;2*3-2(4,5)1(6)7/h1-8,21H,9-10H2,(H2,19,22);2*(H,6,7). The third-order valence-corrected chi connectivity index (χ3v) is 5.69. The topological polar surface area (TPSA) is 152 Å². The van der Waals surface area contributed by atoms with E-state index >= 15 is 0 Å². The highest BCUT2D eigenvalue weighted by Crippen LogP contribution is 2.47. The molecule has 0 aliphatic carbocycles. The number of nitrogens with zero attached hydrogens (tertiary/aromatic N) is 1. The summed E-state index contributed by atoms with van der Waals surface area (Å²) in [6.07, 6.45) is -6.73. The summed E-state index contributed by atoms with van der Waals surface area (Å²) in [5, 5.41) is 17.6. The van der Waals surface area contributed by atoms with Crippen LogP contribution in [0.3, 0.4) is 0 Å². The van der Waals surface area contributed by atoms with Crippen LogP contribution in [-0.4, -0.2) is 45.4 Å². The minimum Gasteiger partial charge on any atom is -0.487 e. The molecule has 0 spiro atoms. The van der Waals surface area contributed by atoms with Crippen LogP contribution in [0.2, 0.25) is 0 Å². The average Bonchev–Trinajstić information content (AvgIpc) is 3.22. The number of thiophene rings is 1. The van der Waals surface area contributed by atoms with Crippen LogP contribution < -0.4 is 15.8 Å². The van der Waals surface area contributed by atoms with Crippen molar-refractivity contribution in [2.24, 2.45) is 5.73 Å². The number of rotatable bonds is 4. The Hall–Kier alpha value is -4.34. The molecule has 0 unspecified atom stereocenters. The number of carbonyl (C=O) groups excluding carboxylic acids is 1. The van der Waals surface area contributed by atoms with E-state index < -0.39 is 30.2 Å². The molecule has 1 aromatic carbocycles. The number of fused-ring (bicyclic) bond motifs is 3. The van der Waals surface area contributed by atoms with Crippen LogP contribution in [0.25, 0.3) is 10.4 Å². The van der Waals surface area contributed by atoms with Crippen LogP contribution in [0, 0.1) is 0 Å². The van der Waals surface area contributed by atoms with Gasteiger partial charge in [-0.15, -0.1) is 11.3 Å². The van der Waals surface area contributed by atoms with Gasteiger partial charge in [-0.05, 0) is 23.8 Å². The fourth-order valence-corrected chi connectivity index (χ4v) is 3.95. The molecule has 9 nitrogen and oxygen atoms in total. The predicted molar refractivity (Wildman–Crippen MR) is 122 cm³/mol. The van der Waals surface area contributed by atoms with E-state index in [1.165, 1.54) is 11.3 Å². The molecule has 1 aliphatic rings. The minimum absolute atomic E-state index is 0.369. The molecule has 5 N–H and O–H groups in total. The summed E-state index contributed by atoms with van der Waals surface area (Å²) >= 11 is 1.40. The summed E-state index contributed by atoms with van der Waals surface area (Å²) in [7, 11) is 0. The molecular weight excluding hydrogens is 548 g/mol. The maximum Gasteiger partial charge on any atom is 0.490 e. The van der Waals surface area contributed by atoms with Gasteiger partial charge in [-0.1, -0.05) is 18.2 Å². The Kier molecular flexibility index (Phi) is 9.65. The molecule has 3 heterocycles. The average molecular weight is 565 g/mol. The van der Waals surface area contributed by atoms with Crippen molar-refractivity contribution in [3.63, 3.8) is 0 Å². The lowest BCUT2D eigenvalue weighted by molar-refractivity contribution is -0.193. The number of ether oxygens (including phenoxy) is 1. The fourth-order valence-electron chi connectivity index (χ4n) is 2.80. The number of nitrogens with one attached hydrogen (secondary N) is 1. The number of aromatic nitrogens is 1. The van der Waals surface area contributed by atoms with Gasteiger partial charge in [0, 0.05) is 40.6 Å². The van der Waals surface area contributed by atoms with Crippen LogP contribution in [-0.2, 0) is 22.7 Å². The van der Waals surface area contributed by atoms with Gasteiger partial charge in [-0.2, -0.15) is 26.3 Å². The number of primary amides is 1. The van der Waals surface area contributed by atoms with E-state index in [-0.39, 0.29) is 0 Å². The number of carboxylic acids is 2. The zero-order chi connectivity index (χ0) is 28.7. The molecule has 3 aromatic rings. The molecule has 1 aliphatic heterocycles. The van der Waals surface area contributed by atoms with Gasteiger partial charge in [0.05, 0.1) is 0 Å². The van der Waals surface area contributed by atoms with Gasteiger partial charge in [0.15, 0.2) is 0 Å². The monoisotopic (exact) mass is 565 g/mol. The second kappa shape index (κ2) is 12.3. The Morgan fingerprint density at radius 2 is 1.50 bits per heavy atom. The molecule has 4 rings (SSSR count). The van der Waals surface area contributed by atoms with E-state index in [4.69, 9.17) is 30.3 Å². The van der Waals surface area contributed by atoms with Crippen LogP contribution >= 0.6 is 11.3 Å². The van der Waals surface area contributed by atoms with Gasteiger partial charge in [0.2, 0.25) is 0 Å². The van der Waals surface area contributed by atoms with Crippen molar-refractivity contribution < 1.29 is 55.7 Å². The van der Waals surface area contributed by atoms with E-state index in [1.807, 2.05) is 36.4 Å². The number of carboxylic acid groups (broad SMARTS) is 2. The first-order valence-electron chi connectivity index (χ1n) is 10.0. The molecule has 0 atom stereocenters. The minimum atomic E-state index is -5.08. The lowest BCUT2D eigenvalue weighted by atomic mass is 10.0. The highest BCUT2D eigenvalue weighted by atomic mass is 32.1. The van der Waals surface area contributed by atoms with Crippen molar-refractivity contribution in [1.29, 1.82) is 0 Å². The summed E-state index contributed by atoms with van der Waals surface area (Å²) in [6, 6.07) is 11.8. The highest BCUT2D eigenvalue weighted by molar-refractivity contribution is 7.18. The van der Waals surface area contributed by atoms with Crippen molar-refractivity contribution in [2.45, 2.75) is 25.5 Å². The Bertz CT molecular complexity index is 1270. The summed E-state index contributed by atoms with van der Waals surface area (Å²) in [5.41, 5.74) is 9.69. The predicted octanol–water partition coefficient (Wildman–Crippen LogP) is 4.68. The van der Waals surface area contributed by atoms with Crippen LogP contribution in [0.4, 0.5) is 32.0 Å². The zero-order valence-corrected chi connectivity index (χ0v) is 19.6. The number of anilines is 1. The normalized spacial score (nSPS) is 11.7. The first-order valence-corrected chi connectivity index (χ1v) is 10.8. The molecule has 0 saturated heterocycles. The number of para-hydroxylation sites is 1. The molecule has 0 saturated carbocycles. The smallest absolute Gasteiger partial charge is 0.487 e. The van der Waals surface area contributed by atoms with Gasteiger partial charge in [0.25, 0.3) is 5.91 Å². The third-order valence-electron chi connectivity index (χ3n) is 4.43. The van der Waals surface area contributed by atoms with E-state index in [0.29, 0.717) is 23.8 Å². The third kappa shape index (κ3) is 8.09. The second-order valence-corrected chi connectivity index (χ2v) is 8.10. The van der Waals surface area contributed by atoms with E-state index in [1.54, 1.807) is 12.4 Å². The summed E-state index contributed by atoms with van der Waals surface area (Å²) < 4.78 is 69.5. The number of halogens is 6. The summed E-state index contributed by atoms with van der Waals surface area (Å²) in [4.78, 5) is 35.2. The lowest BCUT2D eigenvalue weighted by Gasteiger charge is -2.19. The number of carbonyl (C=O) groups is 3. The maximum absolute atomic E-state index is 11.9. The quantitative estimate of drug-likeness (QED) is 0.333. The SMILES string of the molecule is NC(=O)c1sc2c(c1OCc1ccncc1)CNc1ccccc1-2.O=C(O)C(F)(F)F.O=C(O)C(F)(F)F. The van der Waals surface area contributed by atoms with E-state index in [9.17, 15) is 31.1 Å². The Balaban J connectivity index is 0.000000301. The van der Waals surface area contributed by atoms with Crippen molar-refractivity contribution in [1.82, 2.24) is 4.98 Å². The highest BCUT2D eigenvalue weighted by Gasteiger charge is 2.38. The Labute approximate surface area is 213 Å². The number of hydrogen-bond acceptors (Lipinski definition) is 7. The number of aliphatic carboxylic acids is 2.